The zero-order valence-corrected chi connectivity index (χ0v) is 13.0. The van der Waals surface area contributed by atoms with E-state index in [1.54, 1.807) is 11.3 Å². The summed E-state index contributed by atoms with van der Waals surface area (Å²) in [4.78, 5) is 13.5. The Bertz CT molecular complexity index is 599. The molecule has 2 aromatic rings. The van der Waals surface area contributed by atoms with E-state index < -0.39 is 0 Å². The number of thiophene rings is 1. The topological polar surface area (TPSA) is 55.0 Å². The van der Waals surface area contributed by atoms with Crippen LogP contribution in [0.2, 0.25) is 0 Å². The van der Waals surface area contributed by atoms with E-state index in [1.807, 2.05) is 0 Å². The molecule has 1 aliphatic carbocycles. The van der Waals surface area contributed by atoms with E-state index in [0.717, 1.165) is 16.0 Å². The molecular formula is C15H22N4S. The number of hydrogen-bond acceptors (Lipinski definition) is 5. The van der Waals surface area contributed by atoms with Crippen molar-refractivity contribution in [1.29, 1.82) is 0 Å². The van der Waals surface area contributed by atoms with Crippen molar-refractivity contribution in [3.63, 3.8) is 0 Å². The second kappa shape index (κ2) is 5.56. The average Bonchev–Trinajstić information content (AvgIpc) is 2.65. The second-order valence-corrected chi connectivity index (χ2v) is 6.97. The smallest absolute Gasteiger partial charge is 0.223 e. The molecule has 0 radical (unpaired) electrons. The van der Waals surface area contributed by atoms with Crippen LogP contribution in [0.4, 0.5) is 11.8 Å². The van der Waals surface area contributed by atoms with Crippen LogP contribution in [-0.4, -0.2) is 23.1 Å². The summed E-state index contributed by atoms with van der Waals surface area (Å²) in [7, 11) is 2.16. The maximum atomic E-state index is 5.89. The van der Waals surface area contributed by atoms with Gasteiger partial charge in [0, 0.05) is 18.0 Å². The van der Waals surface area contributed by atoms with Gasteiger partial charge in [-0.1, -0.05) is 25.7 Å². The van der Waals surface area contributed by atoms with Gasteiger partial charge in [-0.05, 0) is 25.8 Å². The highest BCUT2D eigenvalue weighted by molar-refractivity contribution is 7.18. The van der Waals surface area contributed by atoms with E-state index in [9.17, 15) is 0 Å². The third kappa shape index (κ3) is 2.59. The van der Waals surface area contributed by atoms with Gasteiger partial charge >= 0.3 is 0 Å². The first-order valence-electron chi connectivity index (χ1n) is 7.41. The summed E-state index contributed by atoms with van der Waals surface area (Å²) in [5, 5.41) is 1.15. The Labute approximate surface area is 124 Å². The number of nitrogens with two attached hydrogens (primary N) is 1. The monoisotopic (exact) mass is 290 g/mol. The fourth-order valence-corrected chi connectivity index (χ4v) is 4.01. The van der Waals surface area contributed by atoms with Crippen LogP contribution in [0.25, 0.3) is 10.2 Å². The highest BCUT2D eigenvalue weighted by atomic mass is 32.1. The van der Waals surface area contributed by atoms with Crippen LogP contribution >= 0.6 is 11.3 Å². The fraction of sp³-hybridized carbons (Fsp3) is 0.600. The van der Waals surface area contributed by atoms with Crippen molar-refractivity contribution in [3.8, 4) is 0 Å². The lowest BCUT2D eigenvalue weighted by Gasteiger charge is -2.28. The molecule has 1 aliphatic rings. The number of aryl methyl sites for hydroxylation is 1. The highest BCUT2D eigenvalue weighted by Crippen LogP contribution is 2.33. The van der Waals surface area contributed by atoms with E-state index in [-0.39, 0.29) is 0 Å². The third-order valence-corrected chi connectivity index (χ3v) is 5.16. The minimum atomic E-state index is 0.384. The lowest BCUT2D eigenvalue weighted by Crippen LogP contribution is -2.32. The minimum absolute atomic E-state index is 0.384. The summed E-state index contributed by atoms with van der Waals surface area (Å²) in [5.74, 6) is 1.39. The Hall–Kier alpha value is -1.36. The third-order valence-electron chi connectivity index (χ3n) is 4.22. The SMILES string of the molecule is Cc1cc2c(N(C)C3CCCCCC3)nc(N)nc2s1. The zero-order valence-electron chi connectivity index (χ0n) is 12.2. The molecule has 0 saturated heterocycles. The Morgan fingerprint density at radius 3 is 2.60 bits per heavy atom. The van der Waals surface area contributed by atoms with Crippen LogP contribution in [0.3, 0.4) is 0 Å². The highest BCUT2D eigenvalue weighted by Gasteiger charge is 2.21. The first-order valence-corrected chi connectivity index (χ1v) is 8.23. The Kier molecular flexibility index (Phi) is 3.78. The van der Waals surface area contributed by atoms with Gasteiger partial charge in [-0.3, -0.25) is 0 Å². The molecule has 5 heteroatoms. The lowest BCUT2D eigenvalue weighted by molar-refractivity contribution is 0.550. The lowest BCUT2D eigenvalue weighted by atomic mass is 10.1. The quantitative estimate of drug-likeness (QED) is 0.856. The minimum Gasteiger partial charge on any atom is -0.368 e. The number of hydrogen-bond donors (Lipinski definition) is 1. The molecular weight excluding hydrogens is 268 g/mol. The molecule has 108 valence electrons. The van der Waals surface area contributed by atoms with Gasteiger partial charge in [-0.25, -0.2) is 4.98 Å². The molecule has 20 heavy (non-hydrogen) atoms. The van der Waals surface area contributed by atoms with Gasteiger partial charge in [0.2, 0.25) is 5.95 Å². The van der Waals surface area contributed by atoms with E-state index in [0.29, 0.717) is 12.0 Å². The van der Waals surface area contributed by atoms with Crippen LogP contribution in [0.5, 0.6) is 0 Å². The van der Waals surface area contributed by atoms with Gasteiger partial charge in [0.25, 0.3) is 0 Å². The second-order valence-electron chi connectivity index (χ2n) is 5.74. The standard InChI is InChI=1S/C15H22N4S/c1-10-9-12-13(17-15(16)18-14(12)20-10)19(2)11-7-5-3-4-6-8-11/h9,11H,3-8H2,1-2H3,(H2,16,17,18). The number of nitrogen functional groups attached to an aromatic ring is 1. The van der Waals surface area contributed by atoms with Gasteiger partial charge in [0.15, 0.2) is 0 Å². The molecule has 2 aromatic heterocycles. The fourth-order valence-electron chi connectivity index (χ4n) is 3.13. The van der Waals surface area contributed by atoms with Gasteiger partial charge in [0.1, 0.15) is 10.6 Å². The maximum Gasteiger partial charge on any atom is 0.223 e. The van der Waals surface area contributed by atoms with Crippen molar-refractivity contribution in [2.45, 2.75) is 51.5 Å². The van der Waals surface area contributed by atoms with Crippen LogP contribution < -0.4 is 10.6 Å². The summed E-state index contributed by atoms with van der Waals surface area (Å²) < 4.78 is 0. The molecule has 0 amide bonds. The molecule has 2 N–H and O–H groups in total. The number of anilines is 2. The van der Waals surface area contributed by atoms with Crippen LogP contribution in [0.1, 0.15) is 43.4 Å². The molecule has 0 aromatic carbocycles. The molecule has 1 saturated carbocycles. The molecule has 4 nitrogen and oxygen atoms in total. The molecule has 0 bridgehead atoms. The summed E-state index contributed by atoms with van der Waals surface area (Å²) in [6, 6.07) is 2.76. The number of rotatable bonds is 2. The number of aromatic nitrogens is 2. The largest absolute Gasteiger partial charge is 0.368 e. The van der Waals surface area contributed by atoms with Crippen molar-refractivity contribution < 1.29 is 0 Å². The van der Waals surface area contributed by atoms with Crippen LogP contribution in [0.15, 0.2) is 6.07 Å². The Balaban J connectivity index is 1.99. The average molecular weight is 290 g/mol. The van der Waals surface area contributed by atoms with Crippen molar-refractivity contribution in [2.24, 2.45) is 0 Å². The Morgan fingerprint density at radius 2 is 1.90 bits per heavy atom. The van der Waals surface area contributed by atoms with E-state index in [4.69, 9.17) is 5.73 Å². The van der Waals surface area contributed by atoms with Gasteiger partial charge in [-0.15, -0.1) is 11.3 Å². The number of fused-ring (bicyclic) bond motifs is 1. The molecule has 3 rings (SSSR count). The normalized spacial score (nSPS) is 17.3. The van der Waals surface area contributed by atoms with E-state index >= 15 is 0 Å². The van der Waals surface area contributed by atoms with Crippen molar-refractivity contribution in [1.82, 2.24) is 9.97 Å². The van der Waals surface area contributed by atoms with E-state index in [1.165, 1.54) is 43.4 Å². The molecule has 1 fully saturated rings. The summed E-state index contributed by atoms with van der Waals surface area (Å²) in [6.07, 6.45) is 7.88. The van der Waals surface area contributed by atoms with Crippen molar-refractivity contribution in [3.05, 3.63) is 10.9 Å². The van der Waals surface area contributed by atoms with Crippen LogP contribution in [0, 0.1) is 6.92 Å². The van der Waals surface area contributed by atoms with Gasteiger partial charge < -0.3 is 10.6 Å². The van der Waals surface area contributed by atoms with E-state index in [2.05, 4.69) is 34.9 Å². The predicted molar refractivity (Wildman–Crippen MR) is 86.5 cm³/mol. The molecule has 0 unspecified atom stereocenters. The Morgan fingerprint density at radius 1 is 1.20 bits per heavy atom. The molecule has 2 heterocycles. The first-order chi connectivity index (χ1) is 9.65. The van der Waals surface area contributed by atoms with Crippen molar-refractivity contribution >= 4 is 33.3 Å². The van der Waals surface area contributed by atoms with Crippen molar-refractivity contribution in [2.75, 3.05) is 17.7 Å². The zero-order chi connectivity index (χ0) is 14.1. The molecule has 0 spiro atoms. The van der Waals surface area contributed by atoms with Gasteiger partial charge in [-0.2, -0.15) is 4.98 Å². The summed E-state index contributed by atoms with van der Waals surface area (Å²) >= 11 is 1.69. The maximum absolute atomic E-state index is 5.89. The van der Waals surface area contributed by atoms with Crippen LogP contribution in [-0.2, 0) is 0 Å². The predicted octanol–water partition coefficient (Wildman–Crippen LogP) is 3.74. The molecule has 0 aliphatic heterocycles. The summed E-state index contributed by atoms with van der Waals surface area (Å²) in [6.45, 7) is 2.11. The molecule has 0 atom stereocenters. The number of nitrogens with zero attached hydrogens (tertiary/aromatic N) is 3. The summed E-state index contributed by atoms with van der Waals surface area (Å²) in [5.41, 5.74) is 5.89. The first kappa shape index (κ1) is 13.6. The van der Waals surface area contributed by atoms with Gasteiger partial charge in [0.05, 0.1) is 5.39 Å².